The van der Waals surface area contributed by atoms with Crippen molar-refractivity contribution < 1.29 is 23.2 Å². The predicted octanol–water partition coefficient (Wildman–Crippen LogP) is 4.95. The normalized spacial score (nSPS) is 14.6. The van der Waals surface area contributed by atoms with Crippen LogP contribution >= 0.6 is 0 Å². The first-order valence-electron chi connectivity index (χ1n) is 10.0. The fourth-order valence-corrected chi connectivity index (χ4v) is 3.98. The van der Waals surface area contributed by atoms with Gasteiger partial charge in [-0.05, 0) is 61.2 Å². The molecule has 1 N–H and O–H groups in total. The molecular formula is C23H18F2N4O3. The smallest absolute Gasteiger partial charge is 0.335 e. The van der Waals surface area contributed by atoms with Crippen molar-refractivity contribution in [1.82, 2.24) is 19.9 Å². The molecule has 1 aliphatic carbocycles. The summed E-state index contributed by atoms with van der Waals surface area (Å²) in [6.45, 7) is 2.03. The minimum absolute atomic E-state index is 0.0483. The minimum atomic E-state index is -2.81. The molecule has 4 aromatic rings. The Bertz CT molecular complexity index is 1310. The van der Waals surface area contributed by atoms with Crippen molar-refractivity contribution in [2.75, 3.05) is 0 Å². The molecule has 5 rings (SSSR count). The molecule has 1 fully saturated rings. The van der Waals surface area contributed by atoms with E-state index in [1.807, 2.05) is 31.2 Å². The molecule has 0 aliphatic heterocycles. The number of carbonyl (C=O) groups is 1. The number of carboxylic acid groups (broad SMARTS) is 1. The first kappa shape index (κ1) is 20.0. The maximum Gasteiger partial charge on any atom is 0.335 e. The van der Waals surface area contributed by atoms with Gasteiger partial charge in [-0.15, -0.1) is 0 Å². The molecule has 0 saturated heterocycles. The summed E-state index contributed by atoms with van der Waals surface area (Å²) in [4.78, 5) is 15.6. The lowest BCUT2D eigenvalue weighted by Crippen LogP contribution is -2.12. The van der Waals surface area contributed by atoms with Gasteiger partial charge in [-0.25, -0.2) is 18.3 Å². The number of alkyl halides is 2. The van der Waals surface area contributed by atoms with Crippen molar-refractivity contribution >= 4 is 5.97 Å². The van der Waals surface area contributed by atoms with Gasteiger partial charge in [-0.3, -0.25) is 0 Å². The Morgan fingerprint density at radius 2 is 1.88 bits per heavy atom. The molecule has 2 aromatic carbocycles. The Morgan fingerprint density at radius 3 is 2.50 bits per heavy atom. The van der Waals surface area contributed by atoms with Gasteiger partial charge in [0.2, 0.25) is 0 Å². The second-order valence-corrected chi connectivity index (χ2v) is 7.84. The lowest BCUT2D eigenvalue weighted by Gasteiger charge is -2.13. The molecular weight excluding hydrogens is 418 g/mol. The van der Waals surface area contributed by atoms with Gasteiger partial charge >= 0.3 is 5.97 Å². The number of nitrogens with zero attached hydrogens (tertiary/aromatic N) is 4. The highest BCUT2D eigenvalue weighted by atomic mass is 19.3. The van der Waals surface area contributed by atoms with E-state index < -0.39 is 12.4 Å². The average Bonchev–Trinajstić information content (AvgIpc) is 3.22. The maximum atomic E-state index is 13.7. The first-order valence-corrected chi connectivity index (χ1v) is 10.0. The van der Waals surface area contributed by atoms with E-state index in [0.29, 0.717) is 11.5 Å². The van der Waals surface area contributed by atoms with Crippen LogP contribution in [0.4, 0.5) is 8.78 Å². The van der Waals surface area contributed by atoms with Gasteiger partial charge in [0.05, 0.1) is 16.7 Å². The van der Waals surface area contributed by atoms with Crippen molar-refractivity contribution in [2.24, 2.45) is 0 Å². The fourth-order valence-electron chi connectivity index (χ4n) is 3.98. The Labute approximate surface area is 181 Å². The molecule has 1 aliphatic rings. The van der Waals surface area contributed by atoms with E-state index in [1.165, 1.54) is 30.3 Å². The lowest BCUT2D eigenvalue weighted by molar-refractivity contribution is 0.0697. The molecule has 0 atom stereocenters. The molecule has 0 spiro atoms. The van der Waals surface area contributed by atoms with Crippen molar-refractivity contribution in [1.29, 1.82) is 0 Å². The third-order valence-electron chi connectivity index (χ3n) is 5.80. The summed E-state index contributed by atoms with van der Waals surface area (Å²) in [5, 5.41) is 17.4. The zero-order valence-corrected chi connectivity index (χ0v) is 17.0. The van der Waals surface area contributed by atoms with Crippen LogP contribution in [0.25, 0.3) is 17.3 Å². The van der Waals surface area contributed by atoms with Crippen LogP contribution in [-0.4, -0.2) is 31.0 Å². The van der Waals surface area contributed by atoms with E-state index in [4.69, 9.17) is 9.63 Å². The summed E-state index contributed by atoms with van der Waals surface area (Å²) in [5.74, 6) is -0.531. The van der Waals surface area contributed by atoms with Crippen LogP contribution in [0.3, 0.4) is 0 Å². The molecule has 0 radical (unpaired) electrons. The van der Waals surface area contributed by atoms with Crippen molar-refractivity contribution in [2.45, 2.75) is 31.6 Å². The number of aromatic carboxylic acids is 1. The number of benzene rings is 2. The summed E-state index contributed by atoms with van der Waals surface area (Å²) in [6.07, 6.45) is -1.05. The number of hydrogen-bond acceptors (Lipinski definition) is 5. The summed E-state index contributed by atoms with van der Waals surface area (Å²) < 4.78 is 33.9. The number of aryl methyl sites for hydroxylation is 1. The first-order chi connectivity index (χ1) is 15.4. The van der Waals surface area contributed by atoms with E-state index >= 15 is 0 Å². The minimum Gasteiger partial charge on any atom is -0.478 e. The third-order valence-corrected chi connectivity index (χ3v) is 5.80. The van der Waals surface area contributed by atoms with Crippen LogP contribution in [0.2, 0.25) is 0 Å². The molecule has 2 heterocycles. The highest BCUT2D eigenvalue weighted by Gasteiger charge is 2.50. The molecule has 9 heteroatoms. The zero-order valence-electron chi connectivity index (χ0n) is 17.0. The highest BCUT2D eigenvalue weighted by Crippen LogP contribution is 2.53. The van der Waals surface area contributed by atoms with Crippen LogP contribution < -0.4 is 0 Å². The van der Waals surface area contributed by atoms with Crippen molar-refractivity contribution in [3.05, 3.63) is 82.8 Å². The Hall–Kier alpha value is -3.88. The highest BCUT2D eigenvalue weighted by molar-refractivity contribution is 5.87. The van der Waals surface area contributed by atoms with Crippen LogP contribution in [0.5, 0.6) is 0 Å². The van der Waals surface area contributed by atoms with Crippen LogP contribution in [0.1, 0.15) is 52.3 Å². The molecule has 2 aromatic heterocycles. The fraction of sp³-hybridized carbons (Fsp3) is 0.217. The Morgan fingerprint density at radius 1 is 1.16 bits per heavy atom. The Kier molecular flexibility index (Phi) is 4.61. The van der Waals surface area contributed by atoms with Crippen LogP contribution in [0, 0.1) is 6.92 Å². The standard InChI is InChI=1S/C23H18F2N4O3/c1-13-4-2-3-5-16(13)23(10-11-23)22-26-20(32-28-22)17-12-18(19(24)25)29(27-17)15-8-6-14(7-9-15)21(30)31/h2-9,12,19H,10-11H2,1H3,(H,30,31). The largest absolute Gasteiger partial charge is 0.478 e. The molecule has 32 heavy (non-hydrogen) atoms. The second kappa shape index (κ2) is 7.37. The lowest BCUT2D eigenvalue weighted by atomic mass is 9.91. The number of rotatable bonds is 6. The quantitative estimate of drug-likeness (QED) is 0.460. The van der Waals surface area contributed by atoms with Crippen LogP contribution in [0.15, 0.2) is 59.1 Å². The molecule has 0 unspecified atom stereocenters. The van der Waals surface area contributed by atoms with Gasteiger partial charge in [-0.2, -0.15) is 10.1 Å². The summed E-state index contributed by atoms with van der Waals surface area (Å²) in [6, 6.07) is 14.7. The van der Waals surface area contributed by atoms with Gasteiger partial charge in [0.25, 0.3) is 12.3 Å². The molecule has 0 amide bonds. The van der Waals surface area contributed by atoms with Gasteiger partial charge < -0.3 is 9.63 Å². The molecule has 0 bridgehead atoms. The summed E-state index contributed by atoms with van der Waals surface area (Å²) in [7, 11) is 0. The van der Waals surface area contributed by atoms with E-state index in [-0.39, 0.29) is 28.3 Å². The van der Waals surface area contributed by atoms with Gasteiger partial charge in [-0.1, -0.05) is 29.4 Å². The SMILES string of the molecule is Cc1ccccc1C1(c2noc(-c3cc(C(F)F)n(-c4ccc(C(=O)O)cc4)n3)n2)CC1. The predicted molar refractivity (Wildman–Crippen MR) is 110 cm³/mol. The van der Waals surface area contributed by atoms with E-state index in [1.54, 1.807) is 0 Å². The summed E-state index contributed by atoms with van der Waals surface area (Å²) in [5.41, 5.74) is 2.05. The number of aromatic nitrogens is 4. The van der Waals surface area contributed by atoms with E-state index in [9.17, 15) is 13.6 Å². The maximum absolute atomic E-state index is 13.7. The number of carboxylic acids is 1. The number of hydrogen-bond donors (Lipinski definition) is 1. The Balaban J connectivity index is 1.52. The summed E-state index contributed by atoms with van der Waals surface area (Å²) >= 11 is 0. The third kappa shape index (κ3) is 3.26. The van der Waals surface area contributed by atoms with Gasteiger partial charge in [0.15, 0.2) is 11.5 Å². The van der Waals surface area contributed by atoms with Crippen LogP contribution in [-0.2, 0) is 5.41 Å². The molecule has 1 saturated carbocycles. The van der Waals surface area contributed by atoms with E-state index in [0.717, 1.165) is 28.7 Å². The molecule has 7 nitrogen and oxygen atoms in total. The average molecular weight is 436 g/mol. The van der Waals surface area contributed by atoms with Gasteiger partial charge in [0, 0.05) is 0 Å². The molecule has 162 valence electrons. The number of halogens is 2. The second-order valence-electron chi connectivity index (χ2n) is 7.84. The van der Waals surface area contributed by atoms with Gasteiger partial charge in [0.1, 0.15) is 5.69 Å². The van der Waals surface area contributed by atoms with Crippen molar-refractivity contribution in [3.63, 3.8) is 0 Å². The topological polar surface area (TPSA) is 94.0 Å². The van der Waals surface area contributed by atoms with Crippen molar-refractivity contribution in [3.8, 4) is 17.3 Å². The zero-order chi connectivity index (χ0) is 22.5. The van der Waals surface area contributed by atoms with E-state index in [2.05, 4.69) is 15.2 Å². The monoisotopic (exact) mass is 436 g/mol.